The predicted octanol–water partition coefficient (Wildman–Crippen LogP) is 2.76. The minimum absolute atomic E-state index is 0.316. The van der Waals surface area contributed by atoms with Crippen LogP contribution >= 0.6 is 0 Å². The number of anilines is 1. The standard InChI is InChI=1S/C17H17N3O3/c1-11-3-5-12(6-4-11)10-18-16(21)19-13-7-8-14-15(9-13)23-17(22)20(14)2/h3-9H,10H2,1-2H3,(H2,18,19,21). The van der Waals surface area contributed by atoms with Gasteiger partial charge >= 0.3 is 11.8 Å². The Morgan fingerprint density at radius 3 is 2.65 bits per heavy atom. The fraction of sp³-hybridized carbons (Fsp3) is 0.176. The molecule has 1 aromatic heterocycles. The second-order valence-electron chi connectivity index (χ2n) is 5.40. The number of carbonyl (C=O) groups is 1. The largest absolute Gasteiger partial charge is 0.419 e. The van der Waals surface area contributed by atoms with Gasteiger partial charge < -0.3 is 15.1 Å². The highest BCUT2D eigenvalue weighted by Gasteiger charge is 2.08. The van der Waals surface area contributed by atoms with Gasteiger partial charge in [-0.3, -0.25) is 4.57 Å². The second-order valence-corrected chi connectivity index (χ2v) is 5.40. The molecular weight excluding hydrogens is 294 g/mol. The van der Waals surface area contributed by atoms with Crippen molar-refractivity contribution in [3.8, 4) is 0 Å². The van der Waals surface area contributed by atoms with Gasteiger partial charge in [0.05, 0.1) is 5.52 Å². The summed E-state index contributed by atoms with van der Waals surface area (Å²) >= 11 is 0. The highest BCUT2D eigenvalue weighted by molar-refractivity contribution is 5.91. The molecule has 3 rings (SSSR count). The molecule has 0 aliphatic heterocycles. The van der Waals surface area contributed by atoms with Gasteiger partial charge in [-0.15, -0.1) is 0 Å². The number of amides is 2. The zero-order valence-corrected chi connectivity index (χ0v) is 12.9. The predicted molar refractivity (Wildman–Crippen MR) is 88.5 cm³/mol. The van der Waals surface area contributed by atoms with Gasteiger partial charge in [0.2, 0.25) is 0 Å². The summed E-state index contributed by atoms with van der Waals surface area (Å²) in [6.07, 6.45) is 0. The maximum Gasteiger partial charge on any atom is 0.419 e. The van der Waals surface area contributed by atoms with Crippen molar-refractivity contribution in [1.29, 1.82) is 0 Å². The molecule has 2 amide bonds. The van der Waals surface area contributed by atoms with Crippen LogP contribution in [0.3, 0.4) is 0 Å². The normalized spacial score (nSPS) is 10.7. The number of urea groups is 1. The number of nitrogens with zero attached hydrogens (tertiary/aromatic N) is 1. The summed E-state index contributed by atoms with van der Waals surface area (Å²) in [5.41, 5.74) is 3.88. The van der Waals surface area contributed by atoms with Crippen molar-refractivity contribution in [2.24, 2.45) is 7.05 Å². The number of oxazole rings is 1. The zero-order chi connectivity index (χ0) is 16.4. The van der Waals surface area contributed by atoms with Crippen LogP contribution in [0.2, 0.25) is 0 Å². The Morgan fingerprint density at radius 1 is 1.17 bits per heavy atom. The quantitative estimate of drug-likeness (QED) is 0.781. The summed E-state index contributed by atoms with van der Waals surface area (Å²) in [5.74, 6) is -0.430. The molecule has 2 N–H and O–H groups in total. The van der Waals surface area contributed by atoms with E-state index in [2.05, 4.69) is 10.6 Å². The first kappa shape index (κ1) is 14.9. The number of aromatic nitrogens is 1. The monoisotopic (exact) mass is 311 g/mol. The van der Waals surface area contributed by atoms with E-state index in [9.17, 15) is 9.59 Å². The fourth-order valence-electron chi connectivity index (χ4n) is 2.28. The maximum atomic E-state index is 11.9. The number of hydrogen-bond acceptors (Lipinski definition) is 3. The number of carbonyl (C=O) groups excluding carboxylic acids is 1. The summed E-state index contributed by atoms with van der Waals surface area (Å²) in [7, 11) is 1.63. The summed E-state index contributed by atoms with van der Waals surface area (Å²) < 4.78 is 6.51. The van der Waals surface area contributed by atoms with Gasteiger partial charge in [0.1, 0.15) is 0 Å². The van der Waals surface area contributed by atoms with Crippen molar-refractivity contribution in [3.63, 3.8) is 0 Å². The second kappa shape index (κ2) is 6.00. The SMILES string of the molecule is Cc1ccc(CNC(=O)Nc2ccc3c(c2)oc(=O)n3C)cc1. The van der Waals surface area contributed by atoms with Crippen molar-refractivity contribution >= 4 is 22.8 Å². The van der Waals surface area contributed by atoms with Crippen molar-refractivity contribution in [1.82, 2.24) is 9.88 Å². The Kier molecular flexibility index (Phi) is 3.89. The first-order valence-electron chi connectivity index (χ1n) is 7.23. The maximum absolute atomic E-state index is 11.9. The third-order valence-electron chi connectivity index (χ3n) is 3.62. The molecule has 6 nitrogen and oxygen atoms in total. The van der Waals surface area contributed by atoms with Gasteiger partial charge in [-0.25, -0.2) is 9.59 Å². The van der Waals surface area contributed by atoms with E-state index in [1.165, 1.54) is 10.1 Å². The van der Waals surface area contributed by atoms with Crippen LogP contribution in [0.15, 0.2) is 51.7 Å². The van der Waals surface area contributed by atoms with E-state index < -0.39 is 5.76 Å². The van der Waals surface area contributed by atoms with Gasteiger partial charge in [-0.05, 0) is 24.6 Å². The lowest BCUT2D eigenvalue weighted by Crippen LogP contribution is -2.28. The Morgan fingerprint density at radius 2 is 1.91 bits per heavy atom. The van der Waals surface area contributed by atoms with Crippen LogP contribution in [0.1, 0.15) is 11.1 Å². The first-order chi connectivity index (χ1) is 11.0. The lowest BCUT2D eigenvalue weighted by molar-refractivity contribution is 0.251. The molecular formula is C17H17N3O3. The summed E-state index contributed by atoms with van der Waals surface area (Å²) in [6.45, 7) is 2.46. The van der Waals surface area contributed by atoms with Crippen molar-refractivity contribution in [2.75, 3.05) is 5.32 Å². The van der Waals surface area contributed by atoms with Crippen LogP contribution in [0.25, 0.3) is 11.1 Å². The molecule has 6 heteroatoms. The minimum atomic E-state index is -0.430. The number of fused-ring (bicyclic) bond motifs is 1. The number of nitrogens with one attached hydrogen (secondary N) is 2. The molecule has 2 aromatic carbocycles. The highest BCUT2D eigenvalue weighted by atomic mass is 16.4. The topological polar surface area (TPSA) is 76.3 Å². The van der Waals surface area contributed by atoms with Crippen molar-refractivity contribution in [2.45, 2.75) is 13.5 Å². The van der Waals surface area contributed by atoms with E-state index in [4.69, 9.17) is 4.42 Å². The van der Waals surface area contributed by atoms with Crippen LogP contribution in [-0.2, 0) is 13.6 Å². The Balaban J connectivity index is 1.65. The summed E-state index contributed by atoms with van der Waals surface area (Å²) in [6, 6.07) is 12.7. The van der Waals surface area contributed by atoms with Crippen LogP contribution in [0.5, 0.6) is 0 Å². The Hall–Kier alpha value is -3.02. The fourth-order valence-corrected chi connectivity index (χ4v) is 2.28. The molecule has 0 fully saturated rings. The molecule has 0 aliphatic rings. The Labute approximate surface area is 132 Å². The lowest BCUT2D eigenvalue weighted by atomic mass is 10.1. The molecule has 0 bridgehead atoms. The number of aryl methyl sites for hydroxylation is 2. The lowest BCUT2D eigenvalue weighted by Gasteiger charge is -2.08. The molecule has 23 heavy (non-hydrogen) atoms. The average Bonchev–Trinajstić information content (AvgIpc) is 2.81. The van der Waals surface area contributed by atoms with E-state index in [1.54, 1.807) is 25.2 Å². The minimum Gasteiger partial charge on any atom is -0.408 e. The van der Waals surface area contributed by atoms with E-state index in [0.29, 0.717) is 23.3 Å². The van der Waals surface area contributed by atoms with Crippen LogP contribution in [0.4, 0.5) is 10.5 Å². The third-order valence-corrected chi connectivity index (χ3v) is 3.62. The zero-order valence-electron chi connectivity index (χ0n) is 12.9. The van der Waals surface area contributed by atoms with Gasteiger partial charge in [0.15, 0.2) is 5.58 Å². The third kappa shape index (κ3) is 3.26. The van der Waals surface area contributed by atoms with Crippen molar-refractivity contribution in [3.05, 3.63) is 64.1 Å². The van der Waals surface area contributed by atoms with Gasteiger partial charge in [-0.2, -0.15) is 0 Å². The van der Waals surface area contributed by atoms with E-state index >= 15 is 0 Å². The molecule has 0 radical (unpaired) electrons. The summed E-state index contributed by atoms with van der Waals surface area (Å²) in [5, 5.41) is 5.51. The van der Waals surface area contributed by atoms with Gasteiger partial charge in [-0.1, -0.05) is 29.8 Å². The van der Waals surface area contributed by atoms with Gasteiger partial charge in [0.25, 0.3) is 0 Å². The molecule has 0 saturated heterocycles. The molecule has 3 aromatic rings. The Bertz CT molecular complexity index is 907. The first-order valence-corrected chi connectivity index (χ1v) is 7.23. The van der Waals surface area contributed by atoms with E-state index in [-0.39, 0.29) is 6.03 Å². The molecule has 118 valence electrons. The average molecular weight is 311 g/mol. The van der Waals surface area contributed by atoms with Crippen LogP contribution < -0.4 is 16.4 Å². The van der Waals surface area contributed by atoms with E-state index in [0.717, 1.165) is 5.56 Å². The molecule has 0 saturated carbocycles. The molecule has 1 heterocycles. The summed E-state index contributed by atoms with van der Waals surface area (Å²) in [4.78, 5) is 23.4. The van der Waals surface area contributed by atoms with Gasteiger partial charge in [0, 0.05) is 25.3 Å². The number of rotatable bonds is 3. The molecule has 0 spiro atoms. The molecule has 0 unspecified atom stereocenters. The van der Waals surface area contributed by atoms with Crippen LogP contribution in [0, 0.1) is 6.92 Å². The van der Waals surface area contributed by atoms with Crippen LogP contribution in [-0.4, -0.2) is 10.6 Å². The number of hydrogen-bond donors (Lipinski definition) is 2. The number of benzene rings is 2. The molecule has 0 aliphatic carbocycles. The highest BCUT2D eigenvalue weighted by Crippen LogP contribution is 2.17. The van der Waals surface area contributed by atoms with E-state index in [1.807, 2.05) is 31.2 Å². The van der Waals surface area contributed by atoms with Crippen molar-refractivity contribution < 1.29 is 9.21 Å². The molecule has 0 atom stereocenters. The smallest absolute Gasteiger partial charge is 0.408 e.